The SMILES string of the molecule is Cc1cc([C@H]2CN(c3cc4nc(C)c(C)nc4c(-c4ccc(Cl)c(F)c4F)n3)CCO2)ccn1. The van der Waals surface area contributed by atoms with Crippen molar-refractivity contribution in [2.24, 2.45) is 0 Å². The maximum absolute atomic E-state index is 15.0. The van der Waals surface area contributed by atoms with E-state index in [-0.39, 0.29) is 22.4 Å². The summed E-state index contributed by atoms with van der Waals surface area (Å²) in [6, 6.07) is 8.51. The number of halogens is 3. The molecule has 0 spiro atoms. The molecule has 1 atom stereocenters. The normalized spacial score (nSPS) is 16.3. The van der Waals surface area contributed by atoms with Gasteiger partial charge in [-0.2, -0.15) is 0 Å². The van der Waals surface area contributed by atoms with E-state index in [1.807, 2.05) is 39.0 Å². The first-order valence-electron chi connectivity index (χ1n) is 10.9. The van der Waals surface area contributed by atoms with E-state index in [1.165, 1.54) is 12.1 Å². The summed E-state index contributed by atoms with van der Waals surface area (Å²) in [4.78, 5) is 20.3. The first kappa shape index (κ1) is 22.6. The summed E-state index contributed by atoms with van der Waals surface area (Å²) in [5.74, 6) is -1.59. The molecule has 9 heteroatoms. The highest BCUT2D eigenvalue weighted by atomic mass is 35.5. The zero-order valence-electron chi connectivity index (χ0n) is 18.9. The van der Waals surface area contributed by atoms with Gasteiger partial charge in [-0.1, -0.05) is 11.6 Å². The number of benzene rings is 1. The topological polar surface area (TPSA) is 64.0 Å². The molecule has 1 aliphatic rings. The largest absolute Gasteiger partial charge is 0.370 e. The number of anilines is 1. The van der Waals surface area contributed by atoms with Crippen LogP contribution in [-0.2, 0) is 4.74 Å². The number of aromatic nitrogens is 4. The molecule has 0 radical (unpaired) electrons. The first-order chi connectivity index (χ1) is 16.3. The van der Waals surface area contributed by atoms with Crippen molar-refractivity contribution in [1.29, 1.82) is 0 Å². The van der Waals surface area contributed by atoms with Crippen molar-refractivity contribution in [3.8, 4) is 11.3 Å². The Hall–Kier alpha value is -3.23. The number of morpholine rings is 1. The van der Waals surface area contributed by atoms with E-state index in [2.05, 4.69) is 19.9 Å². The zero-order valence-corrected chi connectivity index (χ0v) is 19.7. The molecular weight excluding hydrogens is 460 g/mol. The van der Waals surface area contributed by atoms with E-state index in [1.54, 1.807) is 6.20 Å². The minimum absolute atomic E-state index is 0.0131. The highest BCUT2D eigenvalue weighted by Gasteiger charge is 2.26. The predicted octanol–water partition coefficient (Wildman–Crippen LogP) is 5.52. The first-order valence-corrected chi connectivity index (χ1v) is 11.3. The molecule has 6 nitrogen and oxygen atoms in total. The summed E-state index contributed by atoms with van der Waals surface area (Å²) in [5, 5.41) is -0.288. The summed E-state index contributed by atoms with van der Waals surface area (Å²) < 4.78 is 35.3. The van der Waals surface area contributed by atoms with Crippen LogP contribution in [-0.4, -0.2) is 39.6 Å². The molecule has 0 N–H and O–H groups in total. The number of rotatable bonds is 3. The van der Waals surface area contributed by atoms with Gasteiger partial charge in [0, 0.05) is 36.6 Å². The average Bonchev–Trinajstić information content (AvgIpc) is 2.83. The number of pyridine rings is 2. The standard InChI is InChI=1S/C25H22ClF2N5O/c1-13-10-16(6-7-29-13)20-12-33(8-9-34-20)21-11-19-25(31-15(3)14(2)30-19)24(32-21)17-4-5-18(26)23(28)22(17)27/h4-7,10-11,20H,8-9,12H2,1-3H3/t20-/m1/s1. The Morgan fingerprint density at radius 1 is 1.00 bits per heavy atom. The summed E-state index contributed by atoms with van der Waals surface area (Å²) in [5.41, 5.74) is 4.55. The van der Waals surface area contributed by atoms with Crippen molar-refractivity contribution in [2.75, 3.05) is 24.6 Å². The summed E-state index contributed by atoms with van der Waals surface area (Å²) in [6.07, 6.45) is 1.59. The van der Waals surface area contributed by atoms with Crippen LogP contribution in [0.1, 0.15) is 28.7 Å². The lowest BCUT2D eigenvalue weighted by Crippen LogP contribution is -2.39. The molecule has 1 aromatic carbocycles. The molecule has 0 unspecified atom stereocenters. The molecule has 174 valence electrons. The fraction of sp³-hybridized carbons (Fsp3) is 0.280. The molecule has 4 heterocycles. The van der Waals surface area contributed by atoms with Gasteiger partial charge in [0.2, 0.25) is 0 Å². The fourth-order valence-corrected chi connectivity index (χ4v) is 4.25. The van der Waals surface area contributed by atoms with E-state index in [4.69, 9.17) is 21.3 Å². The van der Waals surface area contributed by atoms with Crippen molar-refractivity contribution in [3.63, 3.8) is 0 Å². The van der Waals surface area contributed by atoms with Gasteiger partial charge >= 0.3 is 0 Å². The van der Waals surface area contributed by atoms with Gasteiger partial charge in [0.15, 0.2) is 11.6 Å². The lowest BCUT2D eigenvalue weighted by atomic mass is 10.1. The van der Waals surface area contributed by atoms with Crippen LogP contribution in [0.3, 0.4) is 0 Å². The Labute approximate surface area is 200 Å². The van der Waals surface area contributed by atoms with Crippen molar-refractivity contribution >= 4 is 28.5 Å². The van der Waals surface area contributed by atoms with E-state index in [9.17, 15) is 8.78 Å². The smallest absolute Gasteiger partial charge is 0.178 e. The molecule has 5 rings (SSSR count). The van der Waals surface area contributed by atoms with Crippen LogP contribution < -0.4 is 4.90 Å². The Kier molecular flexibility index (Phi) is 5.87. The second-order valence-electron chi connectivity index (χ2n) is 8.35. The Balaban J connectivity index is 1.64. The second kappa shape index (κ2) is 8.85. The van der Waals surface area contributed by atoms with Gasteiger partial charge in [-0.3, -0.25) is 4.98 Å². The van der Waals surface area contributed by atoms with E-state index in [0.29, 0.717) is 42.2 Å². The molecular formula is C25H22ClF2N5O. The monoisotopic (exact) mass is 481 g/mol. The second-order valence-corrected chi connectivity index (χ2v) is 8.76. The van der Waals surface area contributed by atoms with Crippen molar-refractivity contribution in [1.82, 2.24) is 19.9 Å². The van der Waals surface area contributed by atoms with Crippen LogP contribution in [0.2, 0.25) is 5.02 Å². The van der Waals surface area contributed by atoms with Crippen molar-refractivity contribution in [3.05, 3.63) is 75.8 Å². The van der Waals surface area contributed by atoms with Crippen LogP contribution in [0.25, 0.3) is 22.3 Å². The van der Waals surface area contributed by atoms with Crippen LogP contribution in [0.15, 0.2) is 36.5 Å². The lowest BCUT2D eigenvalue weighted by molar-refractivity contribution is 0.0394. The average molecular weight is 482 g/mol. The fourth-order valence-electron chi connectivity index (χ4n) is 4.10. The molecule has 34 heavy (non-hydrogen) atoms. The molecule has 1 fully saturated rings. The van der Waals surface area contributed by atoms with Gasteiger partial charge in [0.05, 0.1) is 28.5 Å². The third kappa shape index (κ3) is 4.08. The molecule has 0 aliphatic carbocycles. The van der Waals surface area contributed by atoms with Crippen LogP contribution in [0, 0.1) is 32.4 Å². The molecule has 0 bridgehead atoms. The highest BCUT2D eigenvalue weighted by molar-refractivity contribution is 6.30. The Bertz CT molecular complexity index is 1410. The third-order valence-corrected chi connectivity index (χ3v) is 6.32. The minimum atomic E-state index is -1.11. The summed E-state index contributed by atoms with van der Waals surface area (Å²) >= 11 is 5.79. The van der Waals surface area contributed by atoms with Crippen molar-refractivity contribution < 1.29 is 13.5 Å². The van der Waals surface area contributed by atoms with Crippen LogP contribution in [0.5, 0.6) is 0 Å². The Morgan fingerprint density at radius 2 is 1.79 bits per heavy atom. The zero-order chi connectivity index (χ0) is 24.0. The number of nitrogens with zero attached hydrogens (tertiary/aromatic N) is 5. The molecule has 0 saturated carbocycles. The number of fused-ring (bicyclic) bond motifs is 1. The van der Waals surface area contributed by atoms with Gasteiger partial charge < -0.3 is 9.64 Å². The van der Waals surface area contributed by atoms with Gasteiger partial charge in [0.25, 0.3) is 0 Å². The highest BCUT2D eigenvalue weighted by Crippen LogP contribution is 2.34. The molecule has 4 aromatic rings. The summed E-state index contributed by atoms with van der Waals surface area (Å²) in [6.45, 7) is 7.24. The van der Waals surface area contributed by atoms with Crippen LogP contribution in [0.4, 0.5) is 14.6 Å². The van der Waals surface area contributed by atoms with E-state index < -0.39 is 11.6 Å². The predicted molar refractivity (Wildman–Crippen MR) is 127 cm³/mol. The maximum atomic E-state index is 15.0. The summed E-state index contributed by atoms with van der Waals surface area (Å²) in [7, 11) is 0. The van der Waals surface area contributed by atoms with Crippen molar-refractivity contribution in [2.45, 2.75) is 26.9 Å². The minimum Gasteiger partial charge on any atom is -0.370 e. The quantitative estimate of drug-likeness (QED) is 0.359. The van der Waals surface area contributed by atoms with Gasteiger partial charge in [-0.15, -0.1) is 0 Å². The van der Waals surface area contributed by atoms with Gasteiger partial charge in [0.1, 0.15) is 23.1 Å². The number of aryl methyl sites for hydroxylation is 3. The number of ether oxygens (including phenoxy) is 1. The van der Waals surface area contributed by atoms with Gasteiger partial charge in [-0.05, 0) is 50.6 Å². The maximum Gasteiger partial charge on any atom is 0.178 e. The van der Waals surface area contributed by atoms with E-state index in [0.717, 1.165) is 17.0 Å². The molecule has 1 saturated heterocycles. The number of hydrogen-bond donors (Lipinski definition) is 0. The molecule has 3 aromatic heterocycles. The third-order valence-electron chi connectivity index (χ3n) is 6.02. The molecule has 1 aliphatic heterocycles. The number of hydrogen-bond acceptors (Lipinski definition) is 6. The molecule has 0 amide bonds. The lowest BCUT2D eigenvalue weighted by Gasteiger charge is -2.34. The van der Waals surface area contributed by atoms with Gasteiger partial charge in [-0.25, -0.2) is 23.7 Å². The van der Waals surface area contributed by atoms with E-state index >= 15 is 0 Å². The van der Waals surface area contributed by atoms with Crippen LogP contribution >= 0.6 is 11.6 Å². The Morgan fingerprint density at radius 3 is 2.59 bits per heavy atom.